The van der Waals surface area contributed by atoms with Gasteiger partial charge in [0.1, 0.15) is 6.20 Å². The normalized spacial score (nSPS) is 11.8. The molecule has 0 aliphatic rings. The highest BCUT2D eigenvalue weighted by Gasteiger charge is 2.30. The minimum atomic E-state index is -4.35. The fourth-order valence-electron chi connectivity index (χ4n) is 1.31. The summed E-state index contributed by atoms with van der Waals surface area (Å²) in [5.74, 6) is 0. The van der Waals surface area contributed by atoms with Crippen molar-refractivity contribution in [3.63, 3.8) is 0 Å². The lowest BCUT2D eigenvalue weighted by molar-refractivity contribution is -0.137. The van der Waals surface area contributed by atoms with Gasteiger partial charge in [0.05, 0.1) is 16.9 Å². The van der Waals surface area contributed by atoms with E-state index >= 15 is 0 Å². The Kier molecular flexibility index (Phi) is 2.41. The van der Waals surface area contributed by atoms with Crippen LogP contribution in [0.1, 0.15) is 11.3 Å². The summed E-state index contributed by atoms with van der Waals surface area (Å²) in [6.07, 6.45) is -1.81. The Hall–Kier alpha value is -1.85. The highest BCUT2D eigenvalue weighted by molar-refractivity contribution is 5.36. The van der Waals surface area contributed by atoms with Gasteiger partial charge in [-0.2, -0.15) is 13.2 Å². The number of aryl methyl sites for hydroxylation is 1. The third kappa shape index (κ3) is 1.91. The van der Waals surface area contributed by atoms with E-state index in [1.165, 1.54) is 16.8 Å². The molecule has 2 aromatic rings. The van der Waals surface area contributed by atoms with E-state index in [0.29, 0.717) is 11.4 Å². The summed E-state index contributed by atoms with van der Waals surface area (Å²) in [4.78, 5) is 0. The number of alkyl halides is 3. The fourth-order valence-corrected chi connectivity index (χ4v) is 1.31. The van der Waals surface area contributed by atoms with Crippen LogP contribution >= 0.6 is 0 Å². The van der Waals surface area contributed by atoms with Crippen molar-refractivity contribution >= 4 is 0 Å². The summed E-state index contributed by atoms with van der Waals surface area (Å²) >= 11 is 0. The molecule has 0 aliphatic carbocycles. The summed E-state index contributed by atoms with van der Waals surface area (Å²) in [5, 5.41) is 7.15. The molecule has 1 aromatic carbocycles. The Morgan fingerprint density at radius 3 is 2.62 bits per heavy atom. The predicted molar refractivity (Wildman–Crippen MR) is 49.9 cm³/mol. The predicted octanol–water partition coefficient (Wildman–Crippen LogP) is 2.39. The van der Waals surface area contributed by atoms with Crippen LogP contribution in [0.5, 0.6) is 0 Å². The van der Waals surface area contributed by atoms with Gasteiger partial charge >= 0.3 is 6.18 Å². The van der Waals surface area contributed by atoms with Gasteiger partial charge in [0, 0.05) is 0 Å². The van der Waals surface area contributed by atoms with Gasteiger partial charge in [-0.05, 0) is 25.1 Å². The van der Waals surface area contributed by atoms with Crippen molar-refractivity contribution in [2.75, 3.05) is 0 Å². The molecule has 2 rings (SSSR count). The maximum Gasteiger partial charge on any atom is 0.416 e. The van der Waals surface area contributed by atoms with Gasteiger partial charge in [-0.1, -0.05) is 11.3 Å². The third-order valence-corrected chi connectivity index (χ3v) is 2.08. The molecule has 3 nitrogen and oxygen atoms in total. The van der Waals surface area contributed by atoms with E-state index in [9.17, 15) is 13.2 Å². The number of halogens is 3. The van der Waals surface area contributed by atoms with Gasteiger partial charge in [0.2, 0.25) is 0 Å². The Balaban J connectivity index is 2.49. The molecule has 6 heteroatoms. The maximum absolute atomic E-state index is 12.5. The summed E-state index contributed by atoms with van der Waals surface area (Å²) in [6.45, 7) is 1.67. The van der Waals surface area contributed by atoms with Crippen molar-refractivity contribution in [1.29, 1.82) is 0 Å². The van der Waals surface area contributed by atoms with Crippen LogP contribution in [0.15, 0.2) is 24.3 Å². The molecule has 0 fully saturated rings. The van der Waals surface area contributed by atoms with Crippen LogP contribution in [0, 0.1) is 13.1 Å². The van der Waals surface area contributed by atoms with Crippen molar-refractivity contribution in [1.82, 2.24) is 15.0 Å². The first-order chi connectivity index (χ1) is 7.48. The first-order valence-corrected chi connectivity index (χ1v) is 4.46. The summed E-state index contributed by atoms with van der Waals surface area (Å²) < 4.78 is 38.7. The van der Waals surface area contributed by atoms with Crippen LogP contribution in [0.2, 0.25) is 0 Å². The van der Waals surface area contributed by atoms with E-state index in [2.05, 4.69) is 16.5 Å². The van der Waals surface area contributed by atoms with Crippen molar-refractivity contribution < 1.29 is 13.2 Å². The molecule has 83 valence electrons. The molecule has 16 heavy (non-hydrogen) atoms. The molecule has 1 heterocycles. The molecule has 0 N–H and O–H groups in total. The molecular formula is C10H7F3N3. The second-order valence-electron chi connectivity index (χ2n) is 3.25. The van der Waals surface area contributed by atoms with Crippen LogP contribution in [0.4, 0.5) is 13.2 Å². The van der Waals surface area contributed by atoms with Crippen LogP contribution in [-0.4, -0.2) is 15.0 Å². The number of benzene rings is 1. The van der Waals surface area contributed by atoms with Crippen molar-refractivity contribution in [3.05, 3.63) is 41.7 Å². The molecular weight excluding hydrogens is 219 g/mol. The number of rotatable bonds is 1. The standard InChI is InChI=1S/C10H7F3N3/c1-7-6-14-15-16(7)9-4-2-3-8(5-9)10(11,12)13/h2-5H,1H3. The molecule has 1 radical (unpaired) electrons. The highest BCUT2D eigenvalue weighted by atomic mass is 19.4. The lowest BCUT2D eigenvalue weighted by Crippen LogP contribution is -2.07. The number of hydrogen-bond donors (Lipinski definition) is 0. The van der Waals surface area contributed by atoms with E-state index in [1.54, 1.807) is 6.92 Å². The second kappa shape index (κ2) is 3.62. The highest BCUT2D eigenvalue weighted by Crippen LogP contribution is 2.30. The topological polar surface area (TPSA) is 30.7 Å². The summed E-state index contributed by atoms with van der Waals surface area (Å²) in [5.41, 5.74) is 0.167. The molecule has 0 bridgehead atoms. The summed E-state index contributed by atoms with van der Waals surface area (Å²) in [7, 11) is 0. The van der Waals surface area contributed by atoms with Gasteiger partial charge in [0.25, 0.3) is 0 Å². The zero-order chi connectivity index (χ0) is 11.8. The summed E-state index contributed by atoms with van der Waals surface area (Å²) in [6, 6.07) is 4.90. The van der Waals surface area contributed by atoms with Crippen LogP contribution < -0.4 is 0 Å². The average Bonchev–Trinajstić information content (AvgIpc) is 2.63. The lowest BCUT2D eigenvalue weighted by atomic mass is 10.2. The molecule has 0 saturated heterocycles. The van der Waals surface area contributed by atoms with Crippen LogP contribution in [0.3, 0.4) is 0 Å². The molecule has 0 saturated carbocycles. The Labute approximate surface area is 89.5 Å². The van der Waals surface area contributed by atoms with E-state index in [4.69, 9.17) is 0 Å². The van der Waals surface area contributed by atoms with E-state index in [-0.39, 0.29) is 0 Å². The van der Waals surface area contributed by atoms with Gasteiger partial charge in [0.15, 0.2) is 0 Å². The number of nitrogens with zero attached hydrogens (tertiary/aromatic N) is 3. The molecule has 0 atom stereocenters. The fraction of sp³-hybridized carbons (Fsp3) is 0.200. The monoisotopic (exact) mass is 226 g/mol. The molecule has 1 aromatic heterocycles. The Morgan fingerprint density at radius 1 is 1.31 bits per heavy atom. The quantitative estimate of drug-likeness (QED) is 0.747. The van der Waals surface area contributed by atoms with E-state index < -0.39 is 11.7 Å². The Morgan fingerprint density at radius 2 is 2.06 bits per heavy atom. The lowest BCUT2D eigenvalue weighted by Gasteiger charge is -2.08. The Bertz CT molecular complexity index is 502. The zero-order valence-corrected chi connectivity index (χ0v) is 8.28. The zero-order valence-electron chi connectivity index (χ0n) is 8.28. The first kappa shape index (κ1) is 10.7. The minimum absolute atomic E-state index is 0.320. The molecule has 0 spiro atoms. The number of aromatic nitrogens is 3. The third-order valence-electron chi connectivity index (χ3n) is 2.08. The van der Waals surface area contributed by atoms with Gasteiger partial charge in [-0.15, -0.1) is 5.10 Å². The van der Waals surface area contributed by atoms with Crippen molar-refractivity contribution in [2.45, 2.75) is 13.1 Å². The molecule has 0 amide bonds. The van der Waals surface area contributed by atoms with Gasteiger partial charge in [-0.25, -0.2) is 4.68 Å². The van der Waals surface area contributed by atoms with Crippen LogP contribution in [0.25, 0.3) is 5.69 Å². The van der Waals surface area contributed by atoms with Gasteiger partial charge in [-0.3, -0.25) is 0 Å². The first-order valence-electron chi connectivity index (χ1n) is 4.46. The van der Waals surface area contributed by atoms with Gasteiger partial charge < -0.3 is 0 Å². The van der Waals surface area contributed by atoms with Crippen molar-refractivity contribution in [2.24, 2.45) is 0 Å². The van der Waals surface area contributed by atoms with E-state index in [1.807, 2.05) is 0 Å². The SMILES string of the molecule is Cc1[c]nnn1-c1cccc(C(F)(F)F)c1. The largest absolute Gasteiger partial charge is 0.416 e. The smallest absolute Gasteiger partial charge is 0.217 e. The minimum Gasteiger partial charge on any atom is -0.217 e. The van der Waals surface area contributed by atoms with E-state index in [0.717, 1.165) is 12.1 Å². The van der Waals surface area contributed by atoms with Crippen molar-refractivity contribution in [3.8, 4) is 5.69 Å². The maximum atomic E-state index is 12.5. The number of hydrogen-bond acceptors (Lipinski definition) is 2. The molecule has 0 unspecified atom stereocenters. The second-order valence-corrected chi connectivity index (χ2v) is 3.25. The molecule has 0 aliphatic heterocycles. The average molecular weight is 226 g/mol. The van der Waals surface area contributed by atoms with Crippen LogP contribution in [-0.2, 0) is 6.18 Å².